The minimum atomic E-state index is -0.427. The van der Waals surface area contributed by atoms with Crippen molar-refractivity contribution in [3.05, 3.63) is 92.4 Å². The summed E-state index contributed by atoms with van der Waals surface area (Å²) in [5, 5.41) is 1.56. The maximum absolute atomic E-state index is 13.2. The van der Waals surface area contributed by atoms with E-state index in [9.17, 15) is 9.59 Å². The number of aryl methyl sites for hydroxylation is 1. The largest absolute Gasteiger partial charge is 0.484 e. The molecular formula is C25H22Cl3NO4. The number of esters is 1. The molecular weight excluding hydrogens is 485 g/mol. The molecule has 0 aliphatic heterocycles. The van der Waals surface area contributed by atoms with E-state index in [1.54, 1.807) is 67.6 Å². The molecule has 0 aliphatic carbocycles. The summed E-state index contributed by atoms with van der Waals surface area (Å²) in [5.41, 5.74) is 2.53. The average molecular weight is 507 g/mol. The van der Waals surface area contributed by atoms with E-state index in [-0.39, 0.29) is 25.7 Å². The third-order valence-corrected chi connectivity index (χ3v) is 5.84. The lowest BCUT2D eigenvalue weighted by Crippen LogP contribution is -2.34. The summed E-state index contributed by atoms with van der Waals surface area (Å²) >= 11 is 18.4. The predicted molar refractivity (Wildman–Crippen MR) is 132 cm³/mol. The van der Waals surface area contributed by atoms with Crippen LogP contribution < -0.4 is 9.64 Å². The third-order valence-electron chi connectivity index (χ3n) is 4.83. The number of carbonyl (C=O) groups excluding carboxylic acids is 2. The van der Waals surface area contributed by atoms with Crippen molar-refractivity contribution < 1.29 is 19.1 Å². The van der Waals surface area contributed by atoms with Crippen molar-refractivity contribution in [1.82, 2.24) is 0 Å². The van der Waals surface area contributed by atoms with Crippen LogP contribution in [0.1, 0.15) is 28.4 Å². The molecule has 8 heteroatoms. The van der Waals surface area contributed by atoms with Gasteiger partial charge in [-0.3, -0.25) is 4.79 Å². The fourth-order valence-corrected chi connectivity index (χ4v) is 3.65. The van der Waals surface area contributed by atoms with E-state index >= 15 is 0 Å². The Morgan fingerprint density at radius 2 is 1.64 bits per heavy atom. The minimum Gasteiger partial charge on any atom is -0.484 e. The summed E-state index contributed by atoms with van der Waals surface area (Å²) in [4.78, 5) is 26.7. The van der Waals surface area contributed by atoms with E-state index in [0.29, 0.717) is 37.6 Å². The second-order valence-corrected chi connectivity index (χ2v) is 8.43. The molecule has 0 fully saturated rings. The number of hydrogen-bond donors (Lipinski definition) is 0. The Kier molecular flexibility index (Phi) is 8.61. The van der Waals surface area contributed by atoms with Crippen molar-refractivity contribution in [2.75, 3.05) is 18.1 Å². The molecule has 0 N–H and O–H groups in total. The molecule has 0 saturated heterocycles. The summed E-state index contributed by atoms with van der Waals surface area (Å²) in [6.45, 7) is 3.87. The van der Waals surface area contributed by atoms with Gasteiger partial charge in [-0.2, -0.15) is 0 Å². The van der Waals surface area contributed by atoms with Gasteiger partial charge in [0.15, 0.2) is 6.61 Å². The molecule has 0 spiro atoms. The molecule has 3 aromatic carbocycles. The molecule has 0 atom stereocenters. The number of benzene rings is 3. The monoisotopic (exact) mass is 505 g/mol. The molecule has 0 radical (unpaired) electrons. The SMILES string of the molecule is CCOC(=O)c1ccc(N(Cc2ccc(Cl)cc2Cl)C(=O)COc2ccc(Cl)c(C)c2)cc1. The van der Waals surface area contributed by atoms with Crippen molar-refractivity contribution in [2.24, 2.45) is 0 Å². The summed E-state index contributed by atoms with van der Waals surface area (Å²) < 4.78 is 10.7. The minimum absolute atomic E-state index is 0.191. The van der Waals surface area contributed by atoms with Gasteiger partial charge in [-0.25, -0.2) is 4.79 Å². The number of carbonyl (C=O) groups is 2. The quantitative estimate of drug-likeness (QED) is 0.317. The average Bonchev–Trinajstić information content (AvgIpc) is 2.79. The normalized spacial score (nSPS) is 10.6. The number of ether oxygens (including phenoxy) is 2. The van der Waals surface area contributed by atoms with Crippen LogP contribution in [-0.2, 0) is 16.1 Å². The van der Waals surface area contributed by atoms with Gasteiger partial charge in [0.25, 0.3) is 5.91 Å². The van der Waals surface area contributed by atoms with Crippen LogP contribution in [0.3, 0.4) is 0 Å². The van der Waals surface area contributed by atoms with Gasteiger partial charge in [0.2, 0.25) is 0 Å². The van der Waals surface area contributed by atoms with Crippen LogP contribution in [0.15, 0.2) is 60.7 Å². The molecule has 1 amide bonds. The highest BCUT2D eigenvalue weighted by Crippen LogP contribution is 2.26. The highest BCUT2D eigenvalue weighted by Gasteiger charge is 2.19. The lowest BCUT2D eigenvalue weighted by atomic mass is 10.1. The molecule has 0 unspecified atom stereocenters. The Morgan fingerprint density at radius 3 is 2.27 bits per heavy atom. The van der Waals surface area contributed by atoms with Gasteiger partial charge in [0.05, 0.1) is 18.7 Å². The lowest BCUT2D eigenvalue weighted by Gasteiger charge is -2.24. The maximum Gasteiger partial charge on any atom is 0.338 e. The van der Waals surface area contributed by atoms with Gasteiger partial charge in [0, 0.05) is 20.8 Å². The third kappa shape index (κ3) is 6.64. The van der Waals surface area contributed by atoms with Crippen molar-refractivity contribution >= 4 is 52.4 Å². The standard InChI is InChI=1S/C25H22Cl3NO4/c1-3-32-25(31)17-5-8-20(9-6-17)29(14-18-4-7-19(26)13-23(18)28)24(30)15-33-21-10-11-22(27)16(2)12-21/h4-13H,3,14-15H2,1-2H3. The second kappa shape index (κ2) is 11.4. The van der Waals surface area contributed by atoms with Crippen LogP contribution in [0.4, 0.5) is 5.69 Å². The maximum atomic E-state index is 13.2. The van der Waals surface area contributed by atoms with E-state index in [1.165, 1.54) is 4.90 Å². The Morgan fingerprint density at radius 1 is 0.909 bits per heavy atom. The molecule has 172 valence electrons. The number of rotatable bonds is 8. The van der Waals surface area contributed by atoms with E-state index in [1.807, 2.05) is 6.92 Å². The summed E-state index contributed by atoms with van der Waals surface area (Å²) in [7, 11) is 0. The molecule has 5 nitrogen and oxygen atoms in total. The van der Waals surface area contributed by atoms with Crippen LogP contribution in [-0.4, -0.2) is 25.1 Å². The van der Waals surface area contributed by atoms with Crippen molar-refractivity contribution in [3.63, 3.8) is 0 Å². The van der Waals surface area contributed by atoms with E-state index < -0.39 is 5.97 Å². The van der Waals surface area contributed by atoms with Gasteiger partial charge in [0.1, 0.15) is 5.75 Å². The lowest BCUT2D eigenvalue weighted by molar-refractivity contribution is -0.120. The van der Waals surface area contributed by atoms with Crippen LogP contribution in [0.5, 0.6) is 5.75 Å². The molecule has 0 heterocycles. The zero-order valence-electron chi connectivity index (χ0n) is 18.1. The molecule has 0 aliphatic rings. The number of nitrogens with zero attached hydrogens (tertiary/aromatic N) is 1. The Hall–Kier alpha value is -2.73. The Balaban J connectivity index is 1.84. The van der Waals surface area contributed by atoms with Gasteiger partial charge >= 0.3 is 5.97 Å². The first-order valence-electron chi connectivity index (χ1n) is 10.2. The summed E-state index contributed by atoms with van der Waals surface area (Å²) in [5.74, 6) is -0.186. The molecule has 33 heavy (non-hydrogen) atoms. The Bertz CT molecular complexity index is 1150. The Labute approximate surface area is 207 Å². The first-order chi connectivity index (χ1) is 15.8. The van der Waals surface area contributed by atoms with Crippen molar-refractivity contribution in [1.29, 1.82) is 0 Å². The second-order valence-electron chi connectivity index (χ2n) is 7.18. The first-order valence-corrected chi connectivity index (χ1v) is 11.3. The van der Waals surface area contributed by atoms with Crippen LogP contribution in [0.2, 0.25) is 15.1 Å². The zero-order chi connectivity index (χ0) is 24.0. The fraction of sp³-hybridized carbons (Fsp3) is 0.200. The summed E-state index contributed by atoms with van der Waals surface area (Å²) in [6.07, 6.45) is 0. The van der Waals surface area contributed by atoms with E-state index in [0.717, 1.165) is 5.56 Å². The smallest absolute Gasteiger partial charge is 0.338 e. The number of hydrogen-bond acceptors (Lipinski definition) is 4. The highest BCUT2D eigenvalue weighted by atomic mass is 35.5. The summed E-state index contributed by atoms with van der Waals surface area (Å²) in [6, 6.07) is 16.9. The van der Waals surface area contributed by atoms with E-state index in [4.69, 9.17) is 44.3 Å². The topological polar surface area (TPSA) is 55.8 Å². The van der Waals surface area contributed by atoms with Crippen LogP contribution in [0, 0.1) is 6.92 Å². The van der Waals surface area contributed by atoms with Gasteiger partial charge in [-0.1, -0.05) is 40.9 Å². The molecule has 3 rings (SSSR count). The molecule has 0 bridgehead atoms. The van der Waals surface area contributed by atoms with Crippen LogP contribution >= 0.6 is 34.8 Å². The molecule has 0 saturated carbocycles. The van der Waals surface area contributed by atoms with Gasteiger partial charge < -0.3 is 14.4 Å². The predicted octanol–water partition coefficient (Wildman–Crippen LogP) is 6.74. The number of anilines is 1. The highest BCUT2D eigenvalue weighted by molar-refractivity contribution is 6.35. The van der Waals surface area contributed by atoms with E-state index in [2.05, 4.69) is 0 Å². The molecule has 0 aromatic heterocycles. The van der Waals surface area contributed by atoms with Crippen LogP contribution in [0.25, 0.3) is 0 Å². The zero-order valence-corrected chi connectivity index (χ0v) is 20.4. The van der Waals surface area contributed by atoms with Crippen molar-refractivity contribution in [2.45, 2.75) is 20.4 Å². The van der Waals surface area contributed by atoms with Crippen molar-refractivity contribution in [3.8, 4) is 5.75 Å². The first kappa shape index (κ1) is 24.9. The van der Waals surface area contributed by atoms with Gasteiger partial charge in [-0.05, 0) is 79.6 Å². The molecule has 3 aromatic rings. The number of amides is 1. The number of halogens is 3. The van der Waals surface area contributed by atoms with Gasteiger partial charge in [-0.15, -0.1) is 0 Å². The fourth-order valence-electron chi connectivity index (χ4n) is 3.07.